The second kappa shape index (κ2) is 4.58. The summed E-state index contributed by atoms with van der Waals surface area (Å²) >= 11 is 1.75. The third-order valence-electron chi connectivity index (χ3n) is 3.07. The first-order valence-electron chi connectivity index (χ1n) is 5.95. The summed E-state index contributed by atoms with van der Waals surface area (Å²) in [7, 11) is 0. The van der Waals surface area contributed by atoms with Crippen LogP contribution in [0.4, 0.5) is 0 Å². The van der Waals surface area contributed by atoms with Crippen LogP contribution in [0.1, 0.15) is 31.9 Å². The fourth-order valence-corrected chi connectivity index (χ4v) is 2.70. The summed E-state index contributed by atoms with van der Waals surface area (Å²) in [4.78, 5) is 0. The SMILES string of the molecule is Cc1cc[s+]cc1-c1ccc(C(C)(C)C)cc1. The molecule has 2 aromatic rings. The highest BCUT2D eigenvalue weighted by Gasteiger charge is 2.13. The van der Waals surface area contributed by atoms with Gasteiger partial charge < -0.3 is 0 Å². The van der Waals surface area contributed by atoms with Gasteiger partial charge in [0.15, 0.2) is 5.38 Å². The summed E-state index contributed by atoms with van der Waals surface area (Å²) in [6, 6.07) is 11.1. The summed E-state index contributed by atoms with van der Waals surface area (Å²) in [6.45, 7) is 8.91. The Hall–Kier alpha value is -1.21. The number of hydrogen-bond acceptors (Lipinski definition) is 0. The van der Waals surface area contributed by atoms with Crippen LogP contribution >= 0.6 is 11.3 Å². The normalized spacial score (nSPS) is 11.5. The van der Waals surface area contributed by atoms with E-state index in [0.29, 0.717) is 0 Å². The zero-order valence-electron chi connectivity index (χ0n) is 10.9. The Labute approximate surface area is 108 Å². The highest BCUT2D eigenvalue weighted by Crippen LogP contribution is 2.28. The van der Waals surface area contributed by atoms with Gasteiger partial charge in [-0.1, -0.05) is 45.0 Å². The van der Waals surface area contributed by atoms with Gasteiger partial charge in [0, 0.05) is 5.56 Å². The van der Waals surface area contributed by atoms with E-state index in [1.54, 1.807) is 11.3 Å². The highest BCUT2D eigenvalue weighted by molar-refractivity contribution is 7.07. The van der Waals surface area contributed by atoms with Crippen molar-refractivity contribution in [1.82, 2.24) is 0 Å². The molecule has 88 valence electrons. The molecule has 0 aliphatic carbocycles. The lowest BCUT2D eigenvalue weighted by Gasteiger charge is -2.19. The number of benzene rings is 1. The number of rotatable bonds is 1. The van der Waals surface area contributed by atoms with E-state index in [9.17, 15) is 0 Å². The van der Waals surface area contributed by atoms with Gasteiger partial charge in [0.05, 0.1) is 0 Å². The van der Waals surface area contributed by atoms with Crippen LogP contribution in [0.15, 0.2) is 41.1 Å². The van der Waals surface area contributed by atoms with Gasteiger partial charge in [-0.15, -0.1) is 0 Å². The number of hydrogen-bond donors (Lipinski definition) is 0. The topological polar surface area (TPSA) is 0 Å². The molecule has 1 aromatic carbocycles. The lowest BCUT2D eigenvalue weighted by Crippen LogP contribution is -2.10. The van der Waals surface area contributed by atoms with E-state index in [4.69, 9.17) is 0 Å². The second-order valence-corrected chi connectivity index (χ2v) is 6.26. The third kappa shape index (κ3) is 2.73. The summed E-state index contributed by atoms with van der Waals surface area (Å²) < 4.78 is 0. The van der Waals surface area contributed by atoms with Gasteiger partial charge in [-0.05, 0) is 35.1 Å². The van der Waals surface area contributed by atoms with E-state index in [0.717, 1.165) is 0 Å². The van der Waals surface area contributed by atoms with Crippen LogP contribution in [0.2, 0.25) is 0 Å². The van der Waals surface area contributed by atoms with Crippen molar-refractivity contribution in [3.63, 3.8) is 0 Å². The summed E-state index contributed by atoms with van der Waals surface area (Å²) in [5.74, 6) is 0. The predicted octanol–water partition coefficient (Wildman–Crippen LogP) is 5.30. The third-order valence-corrected chi connectivity index (χ3v) is 3.73. The summed E-state index contributed by atoms with van der Waals surface area (Å²) in [6.07, 6.45) is 0. The molecule has 17 heavy (non-hydrogen) atoms. The lowest BCUT2D eigenvalue weighted by molar-refractivity contribution is 0.590. The average Bonchev–Trinajstić information content (AvgIpc) is 2.29. The standard InChI is InChI=1S/C16H19S/c1-12-9-10-17-11-15(12)13-5-7-14(8-6-13)16(2,3)4/h5-11H,1-4H3/q+1. The quantitative estimate of drug-likeness (QED) is 0.596. The molecule has 0 fully saturated rings. The van der Waals surface area contributed by atoms with E-state index in [1.807, 2.05) is 0 Å². The van der Waals surface area contributed by atoms with Gasteiger partial charge in [0.25, 0.3) is 0 Å². The van der Waals surface area contributed by atoms with Crippen molar-refractivity contribution in [2.75, 3.05) is 0 Å². The largest absolute Gasteiger partial charge is 0.212 e. The molecule has 1 heterocycles. The molecule has 0 aliphatic heterocycles. The molecule has 0 saturated heterocycles. The zero-order valence-corrected chi connectivity index (χ0v) is 11.8. The maximum absolute atomic E-state index is 2.25. The van der Waals surface area contributed by atoms with Gasteiger partial charge in [-0.2, -0.15) is 0 Å². The van der Waals surface area contributed by atoms with E-state index < -0.39 is 0 Å². The maximum atomic E-state index is 2.25. The fourth-order valence-electron chi connectivity index (χ4n) is 1.88. The molecule has 1 heteroatoms. The van der Waals surface area contributed by atoms with Crippen molar-refractivity contribution < 1.29 is 0 Å². The van der Waals surface area contributed by atoms with Gasteiger partial charge in [0.2, 0.25) is 16.7 Å². The van der Waals surface area contributed by atoms with Crippen LogP contribution < -0.4 is 0 Å². The molecule has 0 radical (unpaired) electrons. The minimum atomic E-state index is 0.229. The molecule has 0 N–H and O–H groups in total. The molecule has 0 amide bonds. The van der Waals surface area contributed by atoms with Crippen LogP contribution in [-0.4, -0.2) is 0 Å². The van der Waals surface area contributed by atoms with Crippen LogP contribution in [0.5, 0.6) is 0 Å². The first-order chi connectivity index (χ1) is 7.98. The van der Waals surface area contributed by atoms with Crippen molar-refractivity contribution >= 4 is 11.3 Å². The lowest BCUT2D eigenvalue weighted by atomic mass is 9.86. The smallest absolute Gasteiger partial charge is 0.0579 e. The van der Waals surface area contributed by atoms with E-state index in [2.05, 4.69) is 68.8 Å². The van der Waals surface area contributed by atoms with Crippen molar-refractivity contribution in [3.05, 3.63) is 52.2 Å². The first kappa shape index (κ1) is 12.3. The highest BCUT2D eigenvalue weighted by atomic mass is 32.1. The first-order valence-corrected chi connectivity index (χ1v) is 6.90. The molecule has 0 atom stereocenters. The van der Waals surface area contributed by atoms with Crippen LogP contribution in [0, 0.1) is 6.92 Å². The molecule has 0 spiro atoms. The van der Waals surface area contributed by atoms with E-state index in [-0.39, 0.29) is 5.41 Å². The average molecular weight is 243 g/mol. The predicted molar refractivity (Wildman–Crippen MR) is 77.6 cm³/mol. The van der Waals surface area contributed by atoms with E-state index in [1.165, 1.54) is 22.3 Å². The van der Waals surface area contributed by atoms with Crippen molar-refractivity contribution in [2.45, 2.75) is 33.1 Å². The van der Waals surface area contributed by atoms with E-state index >= 15 is 0 Å². The van der Waals surface area contributed by atoms with Crippen molar-refractivity contribution in [3.8, 4) is 11.1 Å². The molecule has 0 unspecified atom stereocenters. The van der Waals surface area contributed by atoms with Crippen LogP contribution in [0.3, 0.4) is 0 Å². The number of aryl methyl sites for hydroxylation is 1. The van der Waals surface area contributed by atoms with Crippen LogP contribution in [-0.2, 0) is 5.41 Å². The summed E-state index contributed by atoms with van der Waals surface area (Å²) in [5.41, 5.74) is 5.61. The second-order valence-electron chi connectivity index (χ2n) is 5.48. The Bertz CT molecular complexity index is 504. The molecule has 0 aliphatic rings. The molecule has 0 saturated carbocycles. The molecule has 1 aromatic heterocycles. The van der Waals surface area contributed by atoms with Crippen molar-refractivity contribution in [1.29, 1.82) is 0 Å². The zero-order chi connectivity index (χ0) is 12.5. The Morgan fingerprint density at radius 1 is 0.941 bits per heavy atom. The van der Waals surface area contributed by atoms with Gasteiger partial charge in [0.1, 0.15) is 0 Å². The maximum Gasteiger partial charge on any atom is 0.212 e. The van der Waals surface area contributed by atoms with Gasteiger partial charge in [-0.25, -0.2) is 0 Å². The molecule has 2 rings (SSSR count). The molecule has 0 nitrogen and oxygen atoms in total. The Morgan fingerprint density at radius 2 is 1.59 bits per heavy atom. The minimum Gasteiger partial charge on any atom is -0.0579 e. The Balaban J connectivity index is 2.40. The Kier molecular flexibility index (Phi) is 3.30. The Morgan fingerprint density at radius 3 is 2.12 bits per heavy atom. The fraction of sp³-hybridized carbons (Fsp3) is 0.312. The minimum absolute atomic E-state index is 0.229. The van der Waals surface area contributed by atoms with Gasteiger partial charge in [-0.3, -0.25) is 0 Å². The monoisotopic (exact) mass is 243 g/mol. The van der Waals surface area contributed by atoms with Gasteiger partial charge >= 0.3 is 0 Å². The summed E-state index contributed by atoms with van der Waals surface area (Å²) in [5, 5.41) is 4.35. The molecular weight excluding hydrogens is 224 g/mol. The molecule has 0 bridgehead atoms. The van der Waals surface area contributed by atoms with Crippen LogP contribution in [0.25, 0.3) is 11.1 Å². The van der Waals surface area contributed by atoms with Crippen molar-refractivity contribution in [2.24, 2.45) is 0 Å². The molecular formula is C16H19S+.